The number of fused-ring (bicyclic) bond motifs is 1. The molecular weight excluding hydrogens is 318 g/mol. The van der Waals surface area contributed by atoms with Crippen LogP contribution < -0.4 is 0 Å². The van der Waals surface area contributed by atoms with Crippen LogP contribution in [-0.2, 0) is 16.0 Å². The van der Waals surface area contributed by atoms with E-state index in [-0.39, 0.29) is 17.5 Å². The molecule has 2 saturated heterocycles. The molecule has 25 heavy (non-hydrogen) atoms. The highest BCUT2D eigenvalue weighted by Gasteiger charge is 2.50. The van der Waals surface area contributed by atoms with Crippen LogP contribution in [0.5, 0.6) is 0 Å². The highest BCUT2D eigenvalue weighted by atomic mass is 16.6. The fourth-order valence-electron chi connectivity index (χ4n) is 3.92. The maximum atomic E-state index is 12.5. The second kappa shape index (κ2) is 7.44. The Labute approximate surface area is 149 Å². The maximum Gasteiger partial charge on any atom is 0.410 e. The molecule has 2 heterocycles. The third-order valence-corrected chi connectivity index (χ3v) is 5.27. The molecule has 0 radical (unpaired) electrons. The minimum Gasteiger partial charge on any atom is -0.447 e. The number of cyclic esters (lactones) is 1. The topological polar surface area (TPSA) is 53.1 Å². The Bertz CT molecular complexity index is 618. The molecule has 0 saturated carbocycles. The predicted octanol–water partition coefficient (Wildman–Crippen LogP) is 1.60. The van der Waals surface area contributed by atoms with Crippen LogP contribution in [0.3, 0.4) is 0 Å². The number of amides is 2. The van der Waals surface area contributed by atoms with Crippen LogP contribution in [0.2, 0.25) is 0 Å². The Balaban J connectivity index is 1.74. The lowest BCUT2D eigenvalue weighted by atomic mass is 9.88. The summed E-state index contributed by atoms with van der Waals surface area (Å²) in [6, 6.07) is 10.2. The standard InChI is InChI=1S/C19H27N3O3/c1-3-21(4-2)17(23)13-20-10-11-22-18(24)25-15-19(22,14-20)12-16-8-6-5-7-9-16/h5-9H,3-4,10-15H2,1-2H3. The lowest BCUT2D eigenvalue weighted by Crippen LogP contribution is -2.63. The molecule has 2 aliphatic rings. The first kappa shape index (κ1) is 17.7. The summed E-state index contributed by atoms with van der Waals surface area (Å²) in [5, 5.41) is 0. The number of hydrogen-bond donors (Lipinski definition) is 0. The van der Waals surface area contributed by atoms with Gasteiger partial charge in [0.15, 0.2) is 0 Å². The molecule has 6 heteroatoms. The second-order valence-corrected chi connectivity index (χ2v) is 6.87. The zero-order valence-electron chi connectivity index (χ0n) is 15.1. The molecule has 0 spiro atoms. The van der Waals surface area contributed by atoms with Crippen LogP contribution >= 0.6 is 0 Å². The fourth-order valence-corrected chi connectivity index (χ4v) is 3.92. The van der Waals surface area contributed by atoms with Gasteiger partial charge in [0.2, 0.25) is 5.91 Å². The van der Waals surface area contributed by atoms with E-state index in [2.05, 4.69) is 17.0 Å². The van der Waals surface area contributed by atoms with Gasteiger partial charge in [-0.15, -0.1) is 0 Å². The van der Waals surface area contributed by atoms with Crippen molar-refractivity contribution < 1.29 is 14.3 Å². The SMILES string of the molecule is CCN(CC)C(=O)CN1CCN2C(=O)OCC2(Cc2ccccc2)C1. The van der Waals surface area contributed by atoms with Crippen molar-refractivity contribution in [2.24, 2.45) is 0 Å². The highest BCUT2D eigenvalue weighted by Crippen LogP contribution is 2.32. The van der Waals surface area contributed by atoms with Crippen LogP contribution in [0.15, 0.2) is 30.3 Å². The molecule has 1 aromatic carbocycles. The number of carbonyl (C=O) groups excluding carboxylic acids is 2. The van der Waals surface area contributed by atoms with Gasteiger partial charge in [0.25, 0.3) is 0 Å². The Morgan fingerprint density at radius 1 is 1.20 bits per heavy atom. The molecule has 136 valence electrons. The second-order valence-electron chi connectivity index (χ2n) is 6.87. The number of carbonyl (C=O) groups is 2. The van der Waals surface area contributed by atoms with E-state index in [1.54, 1.807) is 0 Å². The van der Waals surface area contributed by atoms with Crippen LogP contribution in [0.25, 0.3) is 0 Å². The summed E-state index contributed by atoms with van der Waals surface area (Å²) in [6.07, 6.45) is 0.515. The van der Waals surface area contributed by atoms with Gasteiger partial charge in [-0.05, 0) is 19.4 Å². The van der Waals surface area contributed by atoms with Gasteiger partial charge < -0.3 is 9.64 Å². The monoisotopic (exact) mass is 345 g/mol. The molecule has 0 bridgehead atoms. The highest BCUT2D eigenvalue weighted by molar-refractivity contribution is 5.78. The quantitative estimate of drug-likeness (QED) is 0.786. The van der Waals surface area contributed by atoms with Crippen LogP contribution in [-0.4, -0.2) is 78.1 Å². The minimum absolute atomic E-state index is 0.151. The zero-order valence-corrected chi connectivity index (χ0v) is 15.1. The fraction of sp³-hybridized carbons (Fsp3) is 0.579. The van der Waals surface area contributed by atoms with E-state index in [0.29, 0.717) is 32.8 Å². The molecule has 0 N–H and O–H groups in total. The van der Waals surface area contributed by atoms with E-state index >= 15 is 0 Å². The molecule has 2 fully saturated rings. The Morgan fingerprint density at radius 3 is 2.60 bits per heavy atom. The summed E-state index contributed by atoms with van der Waals surface area (Å²) >= 11 is 0. The molecule has 6 nitrogen and oxygen atoms in total. The van der Waals surface area contributed by atoms with Crippen LogP contribution in [0.4, 0.5) is 4.79 Å². The number of ether oxygens (including phenoxy) is 1. The van der Waals surface area contributed by atoms with Gasteiger partial charge >= 0.3 is 6.09 Å². The van der Waals surface area contributed by atoms with Gasteiger partial charge in [0, 0.05) is 39.1 Å². The summed E-state index contributed by atoms with van der Waals surface area (Å²) in [7, 11) is 0. The van der Waals surface area contributed by atoms with E-state index in [4.69, 9.17) is 4.74 Å². The molecule has 3 rings (SSSR count). The Kier molecular flexibility index (Phi) is 5.27. The minimum atomic E-state index is -0.375. The van der Waals surface area contributed by atoms with Crippen molar-refractivity contribution in [1.29, 1.82) is 0 Å². The van der Waals surface area contributed by atoms with Crippen LogP contribution in [0, 0.1) is 0 Å². The number of rotatable bonds is 6. The molecule has 0 aliphatic carbocycles. The molecule has 1 atom stereocenters. The molecule has 2 aliphatic heterocycles. The Morgan fingerprint density at radius 2 is 1.92 bits per heavy atom. The van der Waals surface area contributed by atoms with Crippen molar-refractivity contribution >= 4 is 12.0 Å². The predicted molar refractivity (Wildman–Crippen MR) is 95.3 cm³/mol. The summed E-state index contributed by atoms with van der Waals surface area (Å²) in [6.45, 7) is 8.23. The number of hydrogen-bond acceptors (Lipinski definition) is 4. The third-order valence-electron chi connectivity index (χ3n) is 5.27. The largest absolute Gasteiger partial charge is 0.447 e. The van der Waals surface area contributed by atoms with E-state index in [0.717, 1.165) is 19.5 Å². The molecule has 0 aromatic heterocycles. The summed E-state index contributed by atoms with van der Waals surface area (Å²) in [4.78, 5) is 30.5. The number of nitrogens with zero attached hydrogens (tertiary/aromatic N) is 3. The van der Waals surface area contributed by atoms with Crippen molar-refractivity contribution in [1.82, 2.24) is 14.7 Å². The van der Waals surface area contributed by atoms with Crippen molar-refractivity contribution in [2.45, 2.75) is 25.8 Å². The number of benzene rings is 1. The first-order valence-electron chi connectivity index (χ1n) is 9.06. The normalized spacial score (nSPS) is 23.3. The molecule has 2 amide bonds. The molecule has 1 aromatic rings. The smallest absolute Gasteiger partial charge is 0.410 e. The van der Waals surface area contributed by atoms with Crippen LogP contribution in [0.1, 0.15) is 19.4 Å². The molecule has 1 unspecified atom stereocenters. The average molecular weight is 345 g/mol. The van der Waals surface area contributed by atoms with E-state index in [9.17, 15) is 9.59 Å². The van der Waals surface area contributed by atoms with Gasteiger partial charge in [-0.25, -0.2) is 4.79 Å². The van der Waals surface area contributed by atoms with Gasteiger partial charge in [0.05, 0.1) is 12.1 Å². The van der Waals surface area contributed by atoms with Crippen molar-refractivity contribution in [3.05, 3.63) is 35.9 Å². The summed E-state index contributed by atoms with van der Waals surface area (Å²) in [5.41, 5.74) is 0.808. The lowest BCUT2D eigenvalue weighted by Gasteiger charge is -2.45. The number of likely N-dealkylation sites (N-methyl/N-ethyl adjacent to an activating group) is 1. The van der Waals surface area contributed by atoms with Gasteiger partial charge in [-0.2, -0.15) is 0 Å². The average Bonchev–Trinajstić information content (AvgIpc) is 2.93. The lowest BCUT2D eigenvalue weighted by molar-refractivity contribution is -0.133. The first-order valence-corrected chi connectivity index (χ1v) is 9.06. The van der Waals surface area contributed by atoms with E-state index in [1.807, 2.05) is 41.8 Å². The summed E-state index contributed by atoms with van der Waals surface area (Å²) < 4.78 is 5.38. The maximum absolute atomic E-state index is 12.5. The first-order chi connectivity index (χ1) is 12.1. The third kappa shape index (κ3) is 3.63. The number of piperazine rings is 1. The summed E-state index contributed by atoms with van der Waals surface area (Å²) in [5.74, 6) is 0.151. The van der Waals surface area contributed by atoms with Gasteiger partial charge in [-0.1, -0.05) is 30.3 Å². The van der Waals surface area contributed by atoms with E-state index < -0.39 is 0 Å². The van der Waals surface area contributed by atoms with Crippen molar-refractivity contribution in [3.8, 4) is 0 Å². The Hall–Kier alpha value is -2.08. The van der Waals surface area contributed by atoms with Crippen molar-refractivity contribution in [2.75, 3.05) is 45.9 Å². The van der Waals surface area contributed by atoms with Gasteiger partial charge in [-0.3, -0.25) is 14.6 Å². The molecular formula is C19H27N3O3. The van der Waals surface area contributed by atoms with Crippen molar-refractivity contribution in [3.63, 3.8) is 0 Å². The van der Waals surface area contributed by atoms with Gasteiger partial charge in [0.1, 0.15) is 6.61 Å². The van der Waals surface area contributed by atoms with E-state index in [1.165, 1.54) is 5.56 Å². The zero-order chi connectivity index (χ0) is 17.9.